The molecule has 2 aliphatic rings. The summed E-state index contributed by atoms with van der Waals surface area (Å²) >= 11 is 0. The smallest absolute Gasteiger partial charge is 0.207 e. The molecule has 0 atom stereocenters. The fourth-order valence-electron chi connectivity index (χ4n) is 5.71. The highest BCUT2D eigenvalue weighted by Crippen LogP contribution is 2.41. The number of nitrogens with zero attached hydrogens (tertiary/aromatic N) is 4. The first-order valence-electron chi connectivity index (χ1n) is 17.5. The fraction of sp³-hybridized carbons (Fsp3) is 0.381. The van der Waals surface area contributed by atoms with Gasteiger partial charge in [-0.05, 0) is 81.4 Å². The second kappa shape index (κ2) is 15.0. The van der Waals surface area contributed by atoms with Crippen LogP contribution in [0.5, 0.6) is 0 Å². The minimum absolute atomic E-state index is 0.117. The third kappa shape index (κ3) is 9.49. The van der Waals surface area contributed by atoms with E-state index in [4.69, 9.17) is 0 Å². The van der Waals surface area contributed by atoms with Crippen LogP contribution in [0.4, 0.5) is 28.9 Å². The molecule has 0 amide bonds. The van der Waals surface area contributed by atoms with E-state index < -0.39 is 75.9 Å². The molecule has 2 aromatic rings. The summed E-state index contributed by atoms with van der Waals surface area (Å²) in [6, 6.07) is 1.88. The van der Waals surface area contributed by atoms with Crippen LogP contribution in [0, 0.1) is 44.9 Å². The lowest BCUT2D eigenvalue weighted by molar-refractivity contribution is -0.114. The second-order valence-electron chi connectivity index (χ2n) is 17.6. The van der Waals surface area contributed by atoms with E-state index in [9.17, 15) is 18.0 Å². The largest absolute Gasteiger partial charge is 0.289 e. The number of carbonyl (C=O) groups excluding carboxylic acids is 2. The standard InChI is InChI=1S/C42H46F4N4O4S/c1-39(2,3)27-13-23(14-28(37(27)51)40(4,5)6)21-47-49-35-31(43)17-25(18-32(35)44)55(53,54)26-19-33(45)36(34(46)20-26)50-48-22-24-15-29(41(7,8)9)38(52)30(16-24)42(10,11)12/h13-22H,1-12H3. The van der Waals surface area contributed by atoms with E-state index >= 15 is 17.6 Å². The Morgan fingerprint density at radius 1 is 0.473 bits per heavy atom. The number of carbonyl (C=O) groups is 2. The molecule has 2 aromatic carbocycles. The van der Waals surface area contributed by atoms with Crippen LogP contribution in [0.3, 0.4) is 0 Å². The van der Waals surface area contributed by atoms with Crippen LogP contribution >= 0.6 is 0 Å². The predicted octanol–water partition coefficient (Wildman–Crippen LogP) is 12.1. The molecular formula is C42H46F4N4O4S. The first-order valence-corrected chi connectivity index (χ1v) is 18.9. The number of halogens is 4. The van der Waals surface area contributed by atoms with Crippen LogP contribution in [0.2, 0.25) is 0 Å². The van der Waals surface area contributed by atoms with Crippen molar-refractivity contribution in [3.05, 3.63) is 118 Å². The van der Waals surface area contributed by atoms with E-state index in [1.165, 1.54) is 12.4 Å². The quantitative estimate of drug-likeness (QED) is 0.214. The number of benzene rings is 2. The van der Waals surface area contributed by atoms with E-state index in [0.717, 1.165) is 0 Å². The molecule has 8 nitrogen and oxygen atoms in total. The van der Waals surface area contributed by atoms with Crippen LogP contribution in [-0.4, -0.2) is 20.0 Å². The Bertz CT molecular complexity index is 2060. The van der Waals surface area contributed by atoms with Crippen molar-refractivity contribution >= 4 is 32.8 Å². The molecule has 292 valence electrons. The first-order chi connectivity index (χ1) is 25.0. The zero-order valence-electron chi connectivity index (χ0n) is 33.1. The molecule has 0 bridgehead atoms. The van der Waals surface area contributed by atoms with Crippen LogP contribution in [0.15, 0.2) is 125 Å². The number of allylic oxidation sites excluding steroid dienone is 10. The highest BCUT2D eigenvalue weighted by molar-refractivity contribution is 7.91. The summed E-state index contributed by atoms with van der Waals surface area (Å²) in [5, 5.41) is 14.8. The summed E-state index contributed by atoms with van der Waals surface area (Å²) in [6.45, 7) is 22.6. The molecule has 0 N–H and O–H groups in total. The van der Waals surface area contributed by atoms with E-state index in [-0.39, 0.29) is 11.6 Å². The highest BCUT2D eigenvalue weighted by atomic mass is 32.2. The topological polar surface area (TPSA) is 118 Å². The van der Waals surface area contributed by atoms with Gasteiger partial charge < -0.3 is 0 Å². The Balaban J connectivity index is 1.64. The number of azo groups is 2. The number of Topliss-reactive ketones (excluding diaryl/α,β-unsaturated/α-hetero) is 2. The molecule has 0 fully saturated rings. The van der Waals surface area contributed by atoms with E-state index in [2.05, 4.69) is 20.5 Å². The average molecular weight is 779 g/mol. The maximum absolute atomic E-state index is 15.2. The third-order valence-corrected chi connectivity index (χ3v) is 10.5. The predicted molar refractivity (Wildman–Crippen MR) is 204 cm³/mol. The second-order valence-corrected chi connectivity index (χ2v) is 19.5. The maximum Gasteiger partial charge on any atom is 0.207 e. The first kappa shape index (κ1) is 42.8. The number of hydrogen-bond acceptors (Lipinski definition) is 8. The maximum atomic E-state index is 15.2. The minimum atomic E-state index is -4.85. The molecular weight excluding hydrogens is 733 g/mol. The van der Waals surface area contributed by atoms with Crippen molar-refractivity contribution in [3.8, 4) is 0 Å². The van der Waals surface area contributed by atoms with Crippen molar-refractivity contribution in [1.82, 2.24) is 0 Å². The summed E-state index contributed by atoms with van der Waals surface area (Å²) in [7, 11) is -4.85. The zero-order chi connectivity index (χ0) is 41.6. The van der Waals surface area contributed by atoms with Gasteiger partial charge in [0.25, 0.3) is 0 Å². The van der Waals surface area contributed by atoms with Gasteiger partial charge in [-0.2, -0.15) is 10.2 Å². The molecule has 55 heavy (non-hydrogen) atoms. The van der Waals surface area contributed by atoms with Gasteiger partial charge >= 0.3 is 0 Å². The molecule has 4 rings (SSSR count). The van der Waals surface area contributed by atoms with E-state index in [0.29, 0.717) is 57.7 Å². The lowest BCUT2D eigenvalue weighted by atomic mass is 9.72. The van der Waals surface area contributed by atoms with Crippen molar-refractivity contribution in [2.24, 2.45) is 42.1 Å². The normalized spacial score (nSPS) is 16.4. The third-order valence-electron chi connectivity index (χ3n) is 8.79. The van der Waals surface area contributed by atoms with Crippen LogP contribution in [0.25, 0.3) is 0 Å². The van der Waals surface area contributed by atoms with Gasteiger partial charge in [0, 0.05) is 22.3 Å². The number of sulfone groups is 1. The summed E-state index contributed by atoms with van der Waals surface area (Å²) in [4.78, 5) is 24.5. The van der Waals surface area contributed by atoms with Crippen molar-refractivity contribution in [3.63, 3.8) is 0 Å². The van der Waals surface area contributed by atoms with E-state index in [1.54, 1.807) is 24.3 Å². The van der Waals surface area contributed by atoms with Gasteiger partial charge in [-0.15, -0.1) is 10.2 Å². The van der Waals surface area contributed by atoms with Gasteiger partial charge in [-0.1, -0.05) is 83.1 Å². The Labute approximate surface area is 320 Å². The molecule has 0 heterocycles. The Kier molecular flexibility index (Phi) is 11.7. The number of rotatable bonds is 6. The Morgan fingerprint density at radius 3 is 0.927 bits per heavy atom. The van der Waals surface area contributed by atoms with Gasteiger partial charge in [0.05, 0.1) is 22.2 Å². The molecule has 0 spiro atoms. The summed E-state index contributed by atoms with van der Waals surface area (Å²) in [6.07, 6.45) is 8.96. The van der Waals surface area contributed by atoms with Gasteiger partial charge in [-0.3, -0.25) is 9.59 Å². The molecule has 0 radical (unpaired) electrons. The van der Waals surface area contributed by atoms with Crippen LogP contribution in [0.1, 0.15) is 83.1 Å². The van der Waals surface area contributed by atoms with Gasteiger partial charge in [0.1, 0.15) is 0 Å². The Morgan fingerprint density at radius 2 is 0.709 bits per heavy atom. The van der Waals surface area contributed by atoms with Crippen molar-refractivity contribution in [1.29, 1.82) is 0 Å². The summed E-state index contributed by atoms with van der Waals surface area (Å²) < 4.78 is 87.3. The van der Waals surface area contributed by atoms with Crippen molar-refractivity contribution in [2.75, 3.05) is 0 Å². The monoisotopic (exact) mass is 778 g/mol. The molecule has 13 heteroatoms. The van der Waals surface area contributed by atoms with Crippen LogP contribution < -0.4 is 0 Å². The molecule has 0 unspecified atom stereocenters. The van der Waals surface area contributed by atoms with Crippen molar-refractivity contribution in [2.45, 2.75) is 92.9 Å². The fourth-order valence-corrected chi connectivity index (χ4v) is 7.01. The van der Waals surface area contributed by atoms with Gasteiger partial charge in [0.2, 0.25) is 9.84 Å². The van der Waals surface area contributed by atoms with Crippen molar-refractivity contribution < 1.29 is 35.6 Å². The number of ketones is 2. The lowest BCUT2D eigenvalue weighted by Gasteiger charge is -2.31. The van der Waals surface area contributed by atoms with Gasteiger partial charge in [-0.25, -0.2) is 26.0 Å². The van der Waals surface area contributed by atoms with Gasteiger partial charge in [0.15, 0.2) is 46.2 Å². The van der Waals surface area contributed by atoms with Crippen LogP contribution in [-0.2, 0) is 19.4 Å². The molecule has 2 aliphatic carbocycles. The minimum Gasteiger partial charge on any atom is -0.289 e. The SMILES string of the molecule is CC(C)(C)C1=CC(=CN=Nc2c(F)cc(S(=O)(=O)c3cc(F)c(N=NC=C4C=C(C(C)(C)C)C(=O)C(C(C)(C)C)=C4)c(F)c3)cc2F)C=C(C(C)(C)C)C1=O. The highest BCUT2D eigenvalue weighted by Gasteiger charge is 2.35. The Hall–Kier alpha value is -4.91. The molecule has 0 saturated carbocycles. The summed E-state index contributed by atoms with van der Waals surface area (Å²) in [5.74, 6) is -5.82. The summed E-state index contributed by atoms with van der Waals surface area (Å²) in [5.41, 5.74) is -0.823. The average Bonchev–Trinajstić information content (AvgIpc) is 3.02. The van der Waals surface area contributed by atoms with E-state index in [1.807, 2.05) is 83.1 Å². The molecule has 0 aliphatic heterocycles. The zero-order valence-corrected chi connectivity index (χ0v) is 33.9. The lowest BCUT2D eigenvalue weighted by Crippen LogP contribution is -2.27. The number of hydrogen-bond donors (Lipinski definition) is 0. The molecule has 0 aromatic heterocycles. The molecule has 0 saturated heterocycles.